The third-order valence-electron chi connectivity index (χ3n) is 6.11. The van der Waals surface area contributed by atoms with E-state index in [1.165, 1.54) is 0 Å². The largest absolute Gasteiger partial charge is 0.422 e. The number of rotatable bonds is 10. The van der Waals surface area contributed by atoms with Gasteiger partial charge in [0.1, 0.15) is 5.58 Å². The first-order chi connectivity index (χ1) is 16.9. The van der Waals surface area contributed by atoms with E-state index in [-0.39, 0.29) is 11.7 Å². The Bertz CT molecular complexity index is 1290. The summed E-state index contributed by atoms with van der Waals surface area (Å²) in [6, 6.07) is 7.65. The van der Waals surface area contributed by atoms with Crippen LogP contribution in [0, 0.1) is 13.8 Å². The van der Waals surface area contributed by atoms with Gasteiger partial charge in [0.05, 0.1) is 0 Å². The fraction of sp³-hybridized carbons (Fsp3) is 0.321. The number of nitrogens with one attached hydrogen (secondary N) is 2. The Kier molecular flexibility index (Phi) is 8.84. The van der Waals surface area contributed by atoms with Gasteiger partial charge in [-0.05, 0) is 69.0 Å². The van der Waals surface area contributed by atoms with Crippen molar-refractivity contribution in [1.82, 2.24) is 15.6 Å². The Morgan fingerprint density at radius 1 is 1.17 bits per heavy atom. The van der Waals surface area contributed by atoms with E-state index in [0.29, 0.717) is 30.7 Å². The Hall–Kier alpha value is -3.87. The van der Waals surface area contributed by atoms with Crippen molar-refractivity contribution in [2.45, 2.75) is 40.7 Å². The van der Waals surface area contributed by atoms with E-state index in [1.54, 1.807) is 12.3 Å². The lowest BCUT2D eigenvalue weighted by Crippen LogP contribution is -2.36. The van der Waals surface area contributed by atoms with Crippen molar-refractivity contribution in [2.75, 3.05) is 24.5 Å². The molecule has 7 nitrogen and oxygen atoms in total. The average Bonchev–Trinajstić information content (AvgIpc) is 2.85. The van der Waals surface area contributed by atoms with Gasteiger partial charge in [-0.3, -0.25) is 4.98 Å². The molecule has 0 aliphatic heterocycles. The monoisotopic (exact) mass is 474 g/mol. The number of carbonyl (C=O) groups excluding carboxylic acids is 1. The van der Waals surface area contributed by atoms with Crippen LogP contribution in [0.15, 0.2) is 58.4 Å². The number of nitrogens with zero attached hydrogens (tertiary/aromatic N) is 2. The number of carbonyl (C=O) groups is 1. The Morgan fingerprint density at radius 2 is 1.94 bits per heavy atom. The van der Waals surface area contributed by atoms with E-state index >= 15 is 0 Å². The highest BCUT2D eigenvalue weighted by atomic mass is 16.4. The topological polar surface area (TPSA) is 87.5 Å². The molecule has 2 amide bonds. The molecular formula is C28H34N4O3. The summed E-state index contributed by atoms with van der Waals surface area (Å²) in [5.74, 6) is 0. The second-order valence-corrected chi connectivity index (χ2v) is 8.32. The van der Waals surface area contributed by atoms with Gasteiger partial charge in [0.25, 0.3) is 0 Å². The van der Waals surface area contributed by atoms with Crippen LogP contribution in [-0.2, 0) is 13.0 Å². The lowest BCUT2D eigenvalue weighted by molar-refractivity contribution is 0.240. The summed E-state index contributed by atoms with van der Waals surface area (Å²) in [7, 11) is 0. The standard InChI is InChI=1S/C28H34N4O3/c1-6-9-10-22-15-21(17-30-20(22)5)18-31-28(34)29-14-13-25-19(4)24-12-11-23(32(7-2)8-3)16-26(24)35-27(25)33/h6,9-12,15-17H,1,7-8,13-14,18H2,2-5H3,(H2,29,31,34)/b10-9-. The Morgan fingerprint density at radius 3 is 2.66 bits per heavy atom. The fourth-order valence-corrected chi connectivity index (χ4v) is 4.04. The molecule has 3 aromatic rings. The lowest BCUT2D eigenvalue weighted by Gasteiger charge is -2.21. The maximum absolute atomic E-state index is 12.7. The minimum Gasteiger partial charge on any atom is -0.422 e. The van der Waals surface area contributed by atoms with E-state index in [4.69, 9.17) is 4.42 Å². The number of pyridine rings is 1. The molecule has 0 saturated carbocycles. The number of anilines is 1. The van der Waals surface area contributed by atoms with Gasteiger partial charge in [0.15, 0.2) is 0 Å². The third-order valence-corrected chi connectivity index (χ3v) is 6.11. The molecule has 0 aliphatic carbocycles. The van der Waals surface area contributed by atoms with Crippen LogP contribution in [0.1, 0.15) is 41.8 Å². The zero-order valence-corrected chi connectivity index (χ0v) is 21.0. The number of amides is 2. The van der Waals surface area contributed by atoms with Gasteiger partial charge in [-0.1, -0.05) is 24.8 Å². The minimum atomic E-state index is -0.361. The van der Waals surface area contributed by atoms with Gasteiger partial charge in [0, 0.05) is 60.8 Å². The molecule has 2 N–H and O–H groups in total. The second kappa shape index (κ2) is 12.0. The van der Waals surface area contributed by atoms with Crippen LogP contribution in [0.5, 0.6) is 0 Å². The molecule has 0 radical (unpaired) electrons. The molecule has 0 saturated heterocycles. The Labute approximate surface area is 206 Å². The number of allylic oxidation sites excluding steroid dienone is 2. The molecule has 0 bridgehead atoms. The SMILES string of the molecule is C=C/C=C\c1cc(CNC(=O)NCCc2c(C)c3ccc(N(CC)CC)cc3oc2=O)cnc1C. The predicted molar refractivity (Wildman–Crippen MR) is 143 cm³/mol. The summed E-state index contributed by atoms with van der Waals surface area (Å²) in [6.45, 7) is 14.2. The van der Waals surface area contributed by atoms with Crippen molar-refractivity contribution in [1.29, 1.82) is 0 Å². The number of benzene rings is 1. The van der Waals surface area contributed by atoms with Crippen LogP contribution in [0.3, 0.4) is 0 Å². The zero-order valence-electron chi connectivity index (χ0n) is 21.0. The first-order valence-corrected chi connectivity index (χ1v) is 12.0. The van der Waals surface area contributed by atoms with Crippen LogP contribution in [0.4, 0.5) is 10.5 Å². The van der Waals surface area contributed by atoms with E-state index in [0.717, 1.165) is 46.5 Å². The quantitative estimate of drug-likeness (QED) is 0.323. The van der Waals surface area contributed by atoms with Gasteiger partial charge >= 0.3 is 11.7 Å². The maximum Gasteiger partial charge on any atom is 0.339 e. The molecule has 0 aliphatic rings. The molecule has 0 atom stereocenters. The average molecular weight is 475 g/mol. The van der Waals surface area contributed by atoms with Gasteiger partial charge in [-0.15, -0.1) is 0 Å². The summed E-state index contributed by atoms with van der Waals surface area (Å²) in [5, 5.41) is 6.56. The number of aromatic nitrogens is 1. The fourth-order valence-electron chi connectivity index (χ4n) is 4.04. The maximum atomic E-state index is 12.7. The van der Waals surface area contributed by atoms with Gasteiger partial charge in [-0.25, -0.2) is 9.59 Å². The molecule has 184 valence electrons. The van der Waals surface area contributed by atoms with Crippen molar-refractivity contribution < 1.29 is 9.21 Å². The van der Waals surface area contributed by atoms with E-state index in [2.05, 4.69) is 47.0 Å². The first-order valence-electron chi connectivity index (χ1n) is 12.0. The van der Waals surface area contributed by atoms with Crippen LogP contribution < -0.4 is 21.2 Å². The molecule has 7 heteroatoms. The molecule has 35 heavy (non-hydrogen) atoms. The van der Waals surface area contributed by atoms with Crippen LogP contribution >= 0.6 is 0 Å². The number of hydrogen-bond acceptors (Lipinski definition) is 5. The lowest BCUT2D eigenvalue weighted by atomic mass is 10.0. The van der Waals surface area contributed by atoms with E-state index in [1.807, 2.05) is 44.2 Å². The van der Waals surface area contributed by atoms with Crippen molar-refractivity contribution in [2.24, 2.45) is 0 Å². The summed E-state index contributed by atoms with van der Waals surface area (Å²) < 4.78 is 5.64. The molecule has 3 rings (SSSR count). The number of aryl methyl sites for hydroxylation is 2. The van der Waals surface area contributed by atoms with Crippen molar-refractivity contribution in [3.63, 3.8) is 0 Å². The second-order valence-electron chi connectivity index (χ2n) is 8.32. The van der Waals surface area contributed by atoms with Crippen LogP contribution in [0.2, 0.25) is 0 Å². The highest BCUT2D eigenvalue weighted by molar-refractivity contribution is 5.84. The molecule has 2 heterocycles. The molecule has 0 fully saturated rings. The molecule has 1 aromatic carbocycles. The van der Waals surface area contributed by atoms with E-state index in [9.17, 15) is 9.59 Å². The Balaban J connectivity index is 1.61. The number of hydrogen-bond donors (Lipinski definition) is 2. The first kappa shape index (κ1) is 25.7. The highest BCUT2D eigenvalue weighted by Crippen LogP contribution is 2.25. The predicted octanol–water partition coefficient (Wildman–Crippen LogP) is 4.89. The van der Waals surface area contributed by atoms with Crippen LogP contribution in [0.25, 0.3) is 17.0 Å². The summed E-state index contributed by atoms with van der Waals surface area (Å²) in [5.41, 5.74) is 5.50. The van der Waals surface area contributed by atoms with Gasteiger partial charge in [-0.2, -0.15) is 0 Å². The van der Waals surface area contributed by atoms with Crippen molar-refractivity contribution in [3.8, 4) is 0 Å². The van der Waals surface area contributed by atoms with E-state index < -0.39 is 0 Å². The smallest absolute Gasteiger partial charge is 0.339 e. The van der Waals surface area contributed by atoms with Gasteiger partial charge in [0.2, 0.25) is 0 Å². The van der Waals surface area contributed by atoms with Crippen LogP contribution in [-0.4, -0.2) is 30.6 Å². The molecule has 0 spiro atoms. The van der Waals surface area contributed by atoms with Crippen molar-refractivity contribution in [3.05, 3.63) is 87.6 Å². The summed E-state index contributed by atoms with van der Waals surface area (Å²) in [6.07, 6.45) is 7.62. The summed E-state index contributed by atoms with van der Waals surface area (Å²) in [4.78, 5) is 31.5. The minimum absolute atomic E-state index is 0.305. The van der Waals surface area contributed by atoms with Crippen molar-refractivity contribution >= 4 is 28.8 Å². The normalized spacial score (nSPS) is 11.1. The third kappa shape index (κ3) is 6.38. The number of fused-ring (bicyclic) bond motifs is 1. The summed E-state index contributed by atoms with van der Waals surface area (Å²) >= 11 is 0. The molecular weight excluding hydrogens is 440 g/mol. The molecule has 0 unspecified atom stereocenters. The highest BCUT2D eigenvalue weighted by Gasteiger charge is 2.13. The molecule has 2 aromatic heterocycles. The zero-order chi connectivity index (χ0) is 25.4. The van der Waals surface area contributed by atoms with Gasteiger partial charge < -0.3 is 20.0 Å². The number of urea groups is 1.